The van der Waals surface area contributed by atoms with Crippen LogP contribution in [0.2, 0.25) is 0 Å². The smallest absolute Gasteiger partial charge is 0.261 e. The van der Waals surface area contributed by atoms with E-state index in [0.717, 1.165) is 3.79 Å². The Morgan fingerprint density at radius 1 is 1.25 bits per heavy atom. The van der Waals surface area contributed by atoms with Gasteiger partial charge in [0.2, 0.25) is 5.91 Å². The molecule has 10 heteroatoms. The maximum Gasteiger partial charge on any atom is 0.261 e. The van der Waals surface area contributed by atoms with E-state index in [2.05, 4.69) is 21.2 Å². The van der Waals surface area contributed by atoms with E-state index in [9.17, 15) is 18.0 Å². The van der Waals surface area contributed by atoms with Crippen LogP contribution >= 0.6 is 27.3 Å². The first-order chi connectivity index (χ1) is 11.2. The van der Waals surface area contributed by atoms with E-state index in [1.807, 2.05) is 4.90 Å². The Balaban J connectivity index is 1.72. The van der Waals surface area contributed by atoms with Crippen LogP contribution in [-0.2, 0) is 14.6 Å². The van der Waals surface area contributed by atoms with Crippen molar-refractivity contribution in [1.82, 2.24) is 15.1 Å². The first-order valence-corrected chi connectivity index (χ1v) is 11.1. The lowest BCUT2D eigenvalue weighted by Gasteiger charge is -2.34. The maximum atomic E-state index is 12.2. The fraction of sp³-hybridized carbons (Fsp3) is 0.571. The van der Waals surface area contributed by atoms with Crippen LogP contribution < -0.4 is 5.32 Å². The van der Waals surface area contributed by atoms with Crippen molar-refractivity contribution in [3.05, 3.63) is 20.8 Å². The van der Waals surface area contributed by atoms with Crippen LogP contribution in [0.4, 0.5) is 0 Å². The fourth-order valence-corrected chi connectivity index (χ4v) is 4.20. The zero-order valence-corrected chi connectivity index (χ0v) is 16.5. The van der Waals surface area contributed by atoms with Gasteiger partial charge in [-0.1, -0.05) is 0 Å². The summed E-state index contributed by atoms with van der Waals surface area (Å²) in [5.74, 6) is -0.250. The van der Waals surface area contributed by atoms with Gasteiger partial charge in [0.05, 0.1) is 21.0 Å². The zero-order chi connectivity index (χ0) is 17.7. The first kappa shape index (κ1) is 19.4. The van der Waals surface area contributed by atoms with E-state index in [0.29, 0.717) is 37.6 Å². The Bertz CT molecular complexity index is 697. The van der Waals surface area contributed by atoms with Gasteiger partial charge in [0.15, 0.2) is 0 Å². The third kappa shape index (κ3) is 6.15. The van der Waals surface area contributed by atoms with Gasteiger partial charge in [0.25, 0.3) is 5.91 Å². The molecule has 0 aliphatic carbocycles. The van der Waals surface area contributed by atoms with Crippen LogP contribution in [0, 0.1) is 0 Å². The van der Waals surface area contributed by atoms with Gasteiger partial charge < -0.3 is 10.2 Å². The Labute approximate surface area is 154 Å². The normalized spacial score (nSPS) is 16.2. The number of hydrogen-bond acceptors (Lipinski definition) is 6. The van der Waals surface area contributed by atoms with Crippen LogP contribution in [0.5, 0.6) is 0 Å². The van der Waals surface area contributed by atoms with Crippen LogP contribution in [0.15, 0.2) is 15.9 Å². The van der Waals surface area contributed by atoms with Crippen molar-refractivity contribution in [2.75, 3.05) is 51.3 Å². The van der Waals surface area contributed by atoms with E-state index in [4.69, 9.17) is 0 Å². The van der Waals surface area contributed by atoms with Crippen molar-refractivity contribution < 1.29 is 18.0 Å². The maximum absolute atomic E-state index is 12.2. The molecule has 0 bridgehead atoms. The highest BCUT2D eigenvalue weighted by Gasteiger charge is 2.22. The Hall–Kier alpha value is -0.970. The van der Waals surface area contributed by atoms with Gasteiger partial charge in [0, 0.05) is 39.0 Å². The van der Waals surface area contributed by atoms with Crippen molar-refractivity contribution in [1.29, 1.82) is 0 Å². The van der Waals surface area contributed by atoms with Gasteiger partial charge in [-0.15, -0.1) is 11.3 Å². The molecule has 0 aromatic carbocycles. The van der Waals surface area contributed by atoms with E-state index >= 15 is 0 Å². The monoisotopic (exact) mass is 437 g/mol. The Morgan fingerprint density at radius 3 is 2.46 bits per heavy atom. The number of carbonyl (C=O) groups excluding carboxylic acids is 2. The molecule has 1 fully saturated rings. The average molecular weight is 438 g/mol. The fourth-order valence-electron chi connectivity index (χ4n) is 2.31. The van der Waals surface area contributed by atoms with Crippen molar-refractivity contribution in [2.24, 2.45) is 0 Å². The first-order valence-electron chi connectivity index (χ1n) is 7.46. The molecule has 1 N–H and O–H groups in total. The minimum Gasteiger partial charge on any atom is -0.342 e. The SMILES string of the molecule is CS(=O)(=O)CCN1CCN(C(=O)CNC(=O)c2ccc(Br)s2)CC1. The van der Waals surface area contributed by atoms with Gasteiger partial charge in [-0.3, -0.25) is 14.5 Å². The van der Waals surface area contributed by atoms with Gasteiger partial charge in [-0.05, 0) is 28.1 Å². The molecule has 1 aliphatic rings. The molecule has 0 unspecified atom stereocenters. The average Bonchev–Trinajstić information content (AvgIpc) is 2.96. The van der Waals surface area contributed by atoms with Crippen LogP contribution in [0.3, 0.4) is 0 Å². The van der Waals surface area contributed by atoms with Gasteiger partial charge in [-0.25, -0.2) is 8.42 Å². The molecular weight excluding hydrogens is 418 g/mol. The molecule has 2 heterocycles. The van der Waals surface area contributed by atoms with Crippen LogP contribution in [0.25, 0.3) is 0 Å². The number of nitrogens with one attached hydrogen (secondary N) is 1. The summed E-state index contributed by atoms with van der Waals surface area (Å²) in [5.41, 5.74) is 0. The number of nitrogens with zero attached hydrogens (tertiary/aromatic N) is 2. The summed E-state index contributed by atoms with van der Waals surface area (Å²) in [4.78, 5) is 28.4. The number of halogens is 1. The molecule has 0 radical (unpaired) electrons. The predicted molar refractivity (Wildman–Crippen MR) is 97.1 cm³/mol. The second kappa shape index (κ2) is 8.41. The minimum absolute atomic E-state index is 0.0301. The number of piperazine rings is 1. The second-order valence-corrected chi connectivity index (χ2v) is 10.4. The molecule has 2 amide bonds. The number of carbonyl (C=O) groups is 2. The van der Waals surface area contributed by atoms with E-state index in [1.165, 1.54) is 17.6 Å². The number of sulfone groups is 1. The summed E-state index contributed by atoms with van der Waals surface area (Å²) in [7, 11) is -2.97. The summed E-state index contributed by atoms with van der Waals surface area (Å²) >= 11 is 4.61. The highest BCUT2D eigenvalue weighted by atomic mass is 79.9. The lowest BCUT2D eigenvalue weighted by Crippen LogP contribution is -2.51. The summed E-state index contributed by atoms with van der Waals surface area (Å²) in [6, 6.07) is 3.49. The zero-order valence-electron chi connectivity index (χ0n) is 13.3. The molecule has 0 saturated carbocycles. The quantitative estimate of drug-likeness (QED) is 0.696. The number of rotatable bonds is 6. The molecule has 24 heavy (non-hydrogen) atoms. The molecule has 1 aromatic rings. The van der Waals surface area contributed by atoms with Crippen molar-refractivity contribution in [3.63, 3.8) is 0 Å². The number of hydrogen-bond donors (Lipinski definition) is 1. The lowest BCUT2D eigenvalue weighted by atomic mass is 10.3. The van der Waals surface area contributed by atoms with Crippen molar-refractivity contribution >= 4 is 48.9 Å². The van der Waals surface area contributed by atoms with E-state index in [-0.39, 0.29) is 24.1 Å². The van der Waals surface area contributed by atoms with Gasteiger partial charge in [-0.2, -0.15) is 0 Å². The van der Waals surface area contributed by atoms with Gasteiger partial charge in [0.1, 0.15) is 9.84 Å². The summed E-state index contributed by atoms with van der Waals surface area (Å²) < 4.78 is 23.2. The summed E-state index contributed by atoms with van der Waals surface area (Å²) in [5, 5.41) is 2.63. The lowest BCUT2D eigenvalue weighted by molar-refractivity contribution is -0.131. The molecular formula is C14H20BrN3O4S2. The molecule has 7 nitrogen and oxygen atoms in total. The van der Waals surface area contributed by atoms with Crippen molar-refractivity contribution in [3.8, 4) is 0 Å². The Kier molecular flexibility index (Phi) is 6.79. The largest absolute Gasteiger partial charge is 0.342 e. The highest BCUT2D eigenvalue weighted by Crippen LogP contribution is 2.21. The molecule has 1 saturated heterocycles. The number of amides is 2. The topological polar surface area (TPSA) is 86.8 Å². The molecule has 0 spiro atoms. The number of thiophene rings is 1. The Morgan fingerprint density at radius 2 is 1.92 bits per heavy atom. The molecule has 134 valence electrons. The predicted octanol–water partition coefficient (Wildman–Crippen LogP) is 0.429. The van der Waals surface area contributed by atoms with Crippen LogP contribution in [-0.4, -0.2) is 81.3 Å². The third-order valence-electron chi connectivity index (χ3n) is 3.70. The standard InChI is InChI=1S/C14H20BrN3O4S2/c1-24(21,22)9-8-17-4-6-18(7-5-17)13(19)10-16-14(20)11-2-3-12(15)23-11/h2-3H,4-10H2,1H3,(H,16,20). The molecule has 0 atom stereocenters. The molecule has 1 aliphatic heterocycles. The summed E-state index contributed by atoms with van der Waals surface area (Å²) in [6.07, 6.45) is 1.22. The summed E-state index contributed by atoms with van der Waals surface area (Å²) in [6.45, 7) is 2.84. The molecule has 2 rings (SSSR count). The molecule has 1 aromatic heterocycles. The van der Waals surface area contributed by atoms with Crippen molar-refractivity contribution in [2.45, 2.75) is 0 Å². The highest BCUT2D eigenvalue weighted by molar-refractivity contribution is 9.11. The van der Waals surface area contributed by atoms with Crippen LogP contribution in [0.1, 0.15) is 9.67 Å². The van der Waals surface area contributed by atoms with E-state index in [1.54, 1.807) is 17.0 Å². The van der Waals surface area contributed by atoms with E-state index < -0.39 is 9.84 Å². The third-order valence-corrected chi connectivity index (χ3v) is 6.25. The minimum atomic E-state index is -2.97. The van der Waals surface area contributed by atoms with Gasteiger partial charge >= 0.3 is 0 Å². The second-order valence-electron chi connectivity index (χ2n) is 5.64.